The number of amides is 1. The molecule has 2 aromatic rings. The van der Waals surface area contributed by atoms with Gasteiger partial charge in [-0.3, -0.25) is 9.59 Å². The summed E-state index contributed by atoms with van der Waals surface area (Å²) in [7, 11) is 0. The monoisotopic (exact) mass is 294 g/mol. The molecule has 0 aromatic carbocycles. The van der Waals surface area contributed by atoms with Gasteiger partial charge in [0.05, 0.1) is 6.42 Å². The number of carbonyl (C=O) groups excluding carboxylic acids is 1. The minimum Gasteiger partial charge on any atom is -0.481 e. The summed E-state index contributed by atoms with van der Waals surface area (Å²) in [6.07, 6.45) is 0.0184. The number of thiophene rings is 1. The smallest absolute Gasteiger partial charge is 0.304 e. The van der Waals surface area contributed by atoms with Gasteiger partial charge in [0.25, 0.3) is 0 Å². The Morgan fingerprint density at radius 3 is 2.85 bits per heavy atom. The molecule has 0 aliphatic heterocycles. The van der Waals surface area contributed by atoms with Gasteiger partial charge in [-0.15, -0.1) is 11.3 Å². The van der Waals surface area contributed by atoms with Gasteiger partial charge in [-0.05, 0) is 18.4 Å². The number of hydrogen-bond donors (Lipinski definition) is 2. The maximum absolute atomic E-state index is 11.9. The highest BCUT2D eigenvalue weighted by Gasteiger charge is 2.20. The van der Waals surface area contributed by atoms with Crippen LogP contribution in [-0.4, -0.2) is 22.1 Å². The van der Waals surface area contributed by atoms with Crippen molar-refractivity contribution in [3.63, 3.8) is 0 Å². The van der Waals surface area contributed by atoms with E-state index in [1.54, 1.807) is 13.0 Å². The second-order valence-corrected chi connectivity index (χ2v) is 5.36. The van der Waals surface area contributed by atoms with E-state index in [9.17, 15) is 9.59 Å². The molecule has 0 bridgehead atoms. The summed E-state index contributed by atoms with van der Waals surface area (Å²) >= 11 is 1.45. The van der Waals surface area contributed by atoms with E-state index in [0.717, 1.165) is 4.88 Å². The lowest BCUT2D eigenvalue weighted by molar-refractivity contribution is -0.137. The van der Waals surface area contributed by atoms with Crippen LogP contribution < -0.4 is 5.32 Å². The van der Waals surface area contributed by atoms with Crippen LogP contribution in [0.4, 0.5) is 5.82 Å². The number of carboxylic acid groups (broad SMARTS) is 1. The van der Waals surface area contributed by atoms with Gasteiger partial charge < -0.3 is 14.9 Å². The van der Waals surface area contributed by atoms with Crippen LogP contribution >= 0.6 is 11.3 Å². The fraction of sp³-hybridized carbons (Fsp3) is 0.308. The minimum atomic E-state index is -0.923. The highest BCUT2D eigenvalue weighted by Crippen LogP contribution is 2.28. The molecule has 0 saturated heterocycles. The third-order valence-corrected chi connectivity index (χ3v) is 3.73. The van der Waals surface area contributed by atoms with Gasteiger partial charge in [-0.2, -0.15) is 0 Å². The molecule has 2 N–H and O–H groups in total. The number of rotatable bonds is 6. The number of hydrogen-bond acceptors (Lipinski definition) is 5. The number of anilines is 1. The SMILES string of the molecule is Cc1cc(NC(=O)CC(CC(=O)O)c2cccs2)no1. The third-order valence-electron chi connectivity index (χ3n) is 2.69. The Morgan fingerprint density at radius 1 is 1.50 bits per heavy atom. The lowest BCUT2D eigenvalue weighted by Crippen LogP contribution is -2.17. The molecule has 1 unspecified atom stereocenters. The Kier molecular flexibility index (Phi) is 4.52. The first kappa shape index (κ1) is 14.3. The molecule has 0 spiro atoms. The van der Waals surface area contributed by atoms with Crippen LogP contribution in [-0.2, 0) is 9.59 Å². The summed E-state index contributed by atoms with van der Waals surface area (Å²) in [5.41, 5.74) is 0. The van der Waals surface area contributed by atoms with Crippen molar-refractivity contribution in [2.45, 2.75) is 25.7 Å². The van der Waals surface area contributed by atoms with Gasteiger partial charge in [0, 0.05) is 23.3 Å². The zero-order valence-electron chi connectivity index (χ0n) is 10.8. The molecule has 0 radical (unpaired) electrons. The van der Waals surface area contributed by atoms with Crippen LogP contribution in [0.5, 0.6) is 0 Å². The first-order chi connectivity index (χ1) is 9.54. The van der Waals surface area contributed by atoms with Crippen molar-refractivity contribution in [2.24, 2.45) is 0 Å². The van der Waals surface area contributed by atoms with Crippen LogP contribution in [0.1, 0.15) is 29.4 Å². The highest BCUT2D eigenvalue weighted by molar-refractivity contribution is 7.10. The number of carboxylic acids is 1. The lowest BCUT2D eigenvalue weighted by atomic mass is 9.99. The number of nitrogens with zero attached hydrogens (tertiary/aromatic N) is 1. The molecule has 2 rings (SSSR count). The number of aromatic nitrogens is 1. The Bertz CT molecular complexity index is 591. The summed E-state index contributed by atoms with van der Waals surface area (Å²) in [4.78, 5) is 23.7. The van der Waals surface area contributed by atoms with Gasteiger partial charge in [-0.1, -0.05) is 11.2 Å². The van der Waals surface area contributed by atoms with E-state index in [4.69, 9.17) is 9.63 Å². The molecule has 0 aliphatic rings. The number of aliphatic carboxylic acids is 1. The topological polar surface area (TPSA) is 92.4 Å². The van der Waals surface area contributed by atoms with Crippen LogP contribution in [0, 0.1) is 6.92 Å². The van der Waals surface area contributed by atoms with Gasteiger partial charge >= 0.3 is 5.97 Å². The quantitative estimate of drug-likeness (QED) is 0.854. The molecule has 106 valence electrons. The van der Waals surface area contributed by atoms with Gasteiger partial charge in [-0.25, -0.2) is 0 Å². The molecule has 6 nitrogen and oxygen atoms in total. The van der Waals surface area contributed by atoms with E-state index in [2.05, 4.69) is 10.5 Å². The van der Waals surface area contributed by atoms with E-state index >= 15 is 0 Å². The predicted molar refractivity (Wildman–Crippen MR) is 73.8 cm³/mol. The first-order valence-electron chi connectivity index (χ1n) is 6.03. The summed E-state index contributed by atoms with van der Waals surface area (Å²) in [5.74, 6) is -0.597. The average molecular weight is 294 g/mol. The summed E-state index contributed by atoms with van der Waals surface area (Å²) in [6.45, 7) is 1.72. The van der Waals surface area contributed by atoms with Crippen molar-refractivity contribution < 1.29 is 19.2 Å². The molecule has 7 heteroatoms. The highest BCUT2D eigenvalue weighted by atomic mass is 32.1. The zero-order valence-corrected chi connectivity index (χ0v) is 11.6. The second kappa shape index (κ2) is 6.33. The van der Waals surface area contributed by atoms with Gasteiger partial charge in [0.15, 0.2) is 5.82 Å². The molecule has 0 saturated carbocycles. The standard InChI is InChI=1S/C13H14N2O4S/c1-8-5-11(15-19-8)14-12(16)6-9(7-13(17)18)10-3-2-4-20-10/h2-5,9H,6-7H2,1H3,(H,17,18)(H,14,15,16). The fourth-order valence-electron chi connectivity index (χ4n) is 1.85. The Hall–Kier alpha value is -2.15. The largest absolute Gasteiger partial charge is 0.481 e. The number of aryl methyl sites for hydroxylation is 1. The average Bonchev–Trinajstić information content (AvgIpc) is 2.99. The van der Waals surface area contributed by atoms with Crippen molar-refractivity contribution in [3.05, 3.63) is 34.2 Å². The molecule has 2 aromatic heterocycles. The van der Waals surface area contributed by atoms with Crippen LogP contribution in [0.25, 0.3) is 0 Å². The van der Waals surface area contributed by atoms with Crippen molar-refractivity contribution in [2.75, 3.05) is 5.32 Å². The fourth-order valence-corrected chi connectivity index (χ4v) is 2.68. The molecular formula is C13H14N2O4S. The molecule has 2 heterocycles. The molecule has 1 amide bonds. The molecule has 20 heavy (non-hydrogen) atoms. The predicted octanol–water partition coefficient (Wildman–Crippen LogP) is 2.63. The number of nitrogens with one attached hydrogen (secondary N) is 1. The zero-order chi connectivity index (χ0) is 14.5. The second-order valence-electron chi connectivity index (χ2n) is 4.39. The van der Waals surface area contributed by atoms with Crippen LogP contribution in [0.3, 0.4) is 0 Å². The normalized spacial score (nSPS) is 12.1. The minimum absolute atomic E-state index is 0.0776. The van der Waals surface area contributed by atoms with Gasteiger partial charge in [0.2, 0.25) is 5.91 Å². The van der Waals surface area contributed by atoms with Crippen LogP contribution in [0.15, 0.2) is 28.1 Å². The van der Waals surface area contributed by atoms with Crippen molar-refractivity contribution in [1.82, 2.24) is 5.16 Å². The maximum atomic E-state index is 11.9. The Labute approximate surface area is 119 Å². The molecular weight excluding hydrogens is 280 g/mol. The van der Waals surface area contributed by atoms with E-state index in [-0.39, 0.29) is 24.7 Å². The molecule has 0 aliphatic carbocycles. The van der Waals surface area contributed by atoms with E-state index in [1.165, 1.54) is 11.3 Å². The van der Waals surface area contributed by atoms with Crippen molar-refractivity contribution in [1.29, 1.82) is 0 Å². The molecule has 0 fully saturated rings. The summed E-state index contributed by atoms with van der Waals surface area (Å²) < 4.78 is 4.85. The Morgan fingerprint density at radius 2 is 2.30 bits per heavy atom. The van der Waals surface area contributed by atoms with Crippen molar-refractivity contribution in [3.8, 4) is 0 Å². The van der Waals surface area contributed by atoms with E-state index in [1.807, 2.05) is 17.5 Å². The summed E-state index contributed by atoms with van der Waals surface area (Å²) in [5, 5.41) is 17.1. The lowest BCUT2D eigenvalue weighted by Gasteiger charge is -2.12. The van der Waals surface area contributed by atoms with E-state index in [0.29, 0.717) is 11.6 Å². The molecule has 1 atom stereocenters. The van der Waals surface area contributed by atoms with Crippen LogP contribution in [0.2, 0.25) is 0 Å². The van der Waals surface area contributed by atoms with Gasteiger partial charge in [0.1, 0.15) is 5.76 Å². The summed E-state index contributed by atoms with van der Waals surface area (Å²) in [6, 6.07) is 5.29. The number of carbonyl (C=O) groups is 2. The van der Waals surface area contributed by atoms with Crippen molar-refractivity contribution >= 4 is 29.0 Å². The maximum Gasteiger partial charge on any atom is 0.304 e. The first-order valence-corrected chi connectivity index (χ1v) is 6.91. The Balaban J connectivity index is 2.00. The third kappa shape index (κ3) is 3.92. The van der Waals surface area contributed by atoms with E-state index < -0.39 is 5.97 Å².